The second kappa shape index (κ2) is 5.88. The van der Waals surface area contributed by atoms with Gasteiger partial charge in [-0.25, -0.2) is 4.68 Å². The number of nitrogens with zero attached hydrogens (tertiary/aromatic N) is 2. The van der Waals surface area contributed by atoms with E-state index in [1.165, 1.54) is 23.9 Å². The Morgan fingerprint density at radius 2 is 2.15 bits per heavy atom. The van der Waals surface area contributed by atoms with Gasteiger partial charge in [0.25, 0.3) is 5.56 Å². The monoisotopic (exact) mass is 341 g/mol. The van der Waals surface area contributed by atoms with Crippen molar-refractivity contribution in [1.29, 1.82) is 0 Å². The third kappa shape index (κ3) is 3.08. The minimum absolute atomic E-state index is 0.0685. The molecule has 1 N–H and O–H groups in total. The van der Waals surface area contributed by atoms with E-state index in [1.54, 1.807) is 6.20 Å². The summed E-state index contributed by atoms with van der Waals surface area (Å²) in [5, 5.41) is 7.79. The van der Waals surface area contributed by atoms with Crippen molar-refractivity contribution in [3.63, 3.8) is 0 Å². The van der Waals surface area contributed by atoms with Crippen LogP contribution >= 0.6 is 15.9 Å². The van der Waals surface area contributed by atoms with Gasteiger partial charge in [-0.3, -0.25) is 4.79 Å². The van der Waals surface area contributed by atoms with E-state index in [2.05, 4.69) is 40.2 Å². The van der Waals surface area contributed by atoms with Crippen molar-refractivity contribution in [2.24, 2.45) is 5.41 Å². The first kappa shape index (κ1) is 15.5. The molecule has 1 unspecified atom stereocenters. The predicted octanol–water partition coefficient (Wildman–Crippen LogP) is 3.97. The molecular weight excluding hydrogens is 318 g/mol. The first-order chi connectivity index (χ1) is 9.33. The van der Waals surface area contributed by atoms with Crippen molar-refractivity contribution < 1.29 is 0 Å². The van der Waals surface area contributed by atoms with Crippen LogP contribution in [-0.2, 0) is 0 Å². The van der Waals surface area contributed by atoms with Crippen LogP contribution in [0.5, 0.6) is 0 Å². The Labute approximate surface area is 129 Å². The number of anilines is 1. The van der Waals surface area contributed by atoms with Crippen LogP contribution in [0.25, 0.3) is 0 Å². The van der Waals surface area contributed by atoms with Gasteiger partial charge in [0, 0.05) is 6.04 Å². The average molecular weight is 342 g/mol. The summed E-state index contributed by atoms with van der Waals surface area (Å²) >= 11 is 3.43. The molecule has 4 nitrogen and oxygen atoms in total. The Balaban J connectivity index is 2.26. The summed E-state index contributed by atoms with van der Waals surface area (Å²) in [7, 11) is 0. The van der Waals surface area contributed by atoms with Gasteiger partial charge in [0.2, 0.25) is 0 Å². The van der Waals surface area contributed by atoms with Crippen LogP contribution in [0, 0.1) is 5.41 Å². The zero-order valence-electron chi connectivity index (χ0n) is 12.7. The Bertz CT molecular complexity index is 536. The number of aromatic nitrogens is 2. The van der Waals surface area contributed by atoms with E-state index in [1.807, 2.05) is 13.8 Å². The SMILES string of the molecule is CC(C)n1ncc(NC2CCCCC2(C)C)c(Br)c1=O. The van der Waals surface area contributed by atoms with Crippen molar-refractivity contribution in [1.82, 2.24) is 9.78 Å². The van der Waals surface area contributed by atoms with E-state index < -0.39 is 0 Å². The van der Waals surface area contributed by atoms with E-state index in [4.69, 9.17) is 0 Å². The van der Waals surface area contributed by atoms with Crippen LogP contribution in [0.15, 0.2) is 15.5 Å². The molecule has 0 aliphatic heterocycles. The molecule has 0 saturated heterocycles. The fourth-order valence-electron chi connectivity index (χ4n) is 2.86. The molecule has 0 bridgehead atoms. The summed E-state index contributed by atoms with van der Waals surface area (Å²) in [6.45, 7) is 8.50. The highest BCUT2D eigenvalue weighted by Crippen LogP contribution is 2.37. The maximum Gasteiger partial charge on any atom is 0.283 e. The van der Waals surface area contributed by atoms with Crippen molar-refractivity contribution in [2.45, 2.75) is 65.5 Å². The highest BCUT2D eigenvalue weighted by Gasteiger charge is 2.32. The van der Waals surface area contributed by atoms with Gasteiger partial charge < -0.3 is 5.32 Å². The van der Waals surface area contributed by atoms with E-state index in [0.717, 1.165) is 12.1 Å². The highest BCUT2D eigenvalue weighted by atomic mass is 79.9. The molecule has 1 aromatic heterocycles. The van der Waals surface area contributed by atoms with Crippen LogP contribution in [0.2, 0.25) is 0 Å². The zero-order valence-corrected chi connectivity index (χ0v) is 14.3. The highest BCUT2D eigenvalue weighted by molar-refractivity contribution is 9.10. The second-order valence-electron chi connectivity index (χ2n) is 6.65. The molecule has 1 atom stereocenters. The van der Waals surface area contributed by atoms with Crippen LogP contribution < -0.4 is 10.9 Å². The fraction of sp³-hybridized carbons (Fsp3) is 0.733. The van der Waals surface area contributed by atoms with Crippen LogP contribution in [0.4, 0.5) is 5.69 Å². The summed E-state index contributed by atoms with van der Waals surface area (Å²) in [6, 6.07) is 0.461. The number of hydrogen-bond donors (Lipinski definition) is 1. The Hall–Kier alpha value is -0.840. The Morgan fingerprint density at radius 3 is 2.75 bits per heavy atom. The average Bonchev–Trinajstić information content (AvgIpc) is 2.36. The molecule has 0 aromatic carbocycles. The fourth-order valence-corrected chi connectivity index (χ4v) is 3.26. The van der Waals surface area contributed by atoms with Gasteiger partial charge in [-0.1, -0.05) is 26.7 Å². The van der Waals surface area contributed by atoms with Crippen LogP contribution in [-0.4, -0.2) is 15.8 Å². The quantitative estimate of drug-likeness (QED) is 0.904. The molecule has 0 spiro atoms. The lowest BCUT2D eigenvalue weighted by atomic mass is 9.73. The van der Waals surface area contributed by atoms with Gasteiger partial charge in [0.15, 0.2) is 0 Å². The summed E-state index contributed by atoms with van der Waals surface area (Å²) in [6.07, 6.45) is 6.66. The number of halogens is 1. The molecule has 0 amide bonds. The standard InChI is InChI=1S/C15H24BrN3O/c1-10(2)19-14(20)13(16)11(9-17-19)18-12-7-5-6-8-15(12,3)4/h9-10,12,18H,5-8H2,1-4H3. The minimum atomic E-state index is -0.0707. The lowest BCUT2D eigenvalue weighted by Gasteiger charge is -2.39. The third-order valence-corrected chi connectivity index (χ3v) is 5.04. The van der Waals surface area contributed by atoms with Gasteiger partial charge in [0.1, 0.15) is 4.47 Å². The molecule has 1 aliphatic carbocycles. The predicted molar refractivity (Wildman–Crippen MR) is 86.2 cm³/mol. The molecule has 2 rings (SSSR count). The van der Waals surface area contributed by atoms with Gasteiger partial charge >= 0.3 is 0 Å². The number of hydrogen-bond acceptors (Lipinski definition) is 3. The molecule has 20 heavy (non-hydrogen) atoms. The first-order valence-electron chi connectivity index (χ1n) is 7.37. The smallest absolute Gasteiger partial charge is 0.283 e. The van der Waals surface area contributed by atoms with Gasteiger partial charge in [-0.05, 0) is 48.0 Å². The van der Waals surface area contributed by atoms with Gasteiger partial charge in [-0.2, -0.15) is 5.10 Å². The normalized spacial score (nSPS) is 22.0. The van der Waals surface area contributed by atoms with Gasteiger partial charge in [0.05, 0.1) is 17.9 Å². The van der Waals surface area contributed by atoms with Crippen molar-refractivity contribution in [3.8, 4) is 0 Å². The molecule has 1 saturated carbocycles. The lowest BCUT2D eigenvalue weighted by Crippen LogP contribution is -2.39. The number of nitrogens with one attached hydrogen (secondary N) is 1. The van der Waals surface area contributed by atoms with Gasteiger partial charge in [-0.15, -0.1) is 0 Å². The van der Waals surface area contributed by atoms with Crippen LogP contribution in [0.3, 0.4) is 0 Å². The third-order valence-electron chi connectivity index (χ3n) is 4.27. The van der Waals surface area contributed by atoms with Crippen molar-refractivity contribution in [3.05, 3.63) is 21.0 Å². The lowest BCUT2D eigenvalue weighted by molar-refractivity contribution is 0.217. The first-order valence-corrected chi connectivity index (χ1v) is 8.16. The van der Waals surface area contributed by atoms with E-state index >= 15 is 0 Å². The summed E-state index contributed by atoms with van der Waals surface area (Å²) in [5.41, 5.74) is 0.996. The second-order valence-corrected chi connectivity index (χ2v) is 7.44. The molecule has 112 valence electrons. The topological polar surface area (TPSA) is 46.9 Å². The Kier molecular flexibility index (Phi) is 4.57. The molecule has 1 fully saturated rings. The summed E-state index contributed by atoms with van der Waals surface area (Å²) < 4.78 is 2.09. The summed E-state index contributed by atoms with van der Waals surface area (Å²) in [5.74, 6) is 0. The molecule has 0 radical (unpaired) electrons. The van der Waals surface area contributed by atoms with E-state index in [-0.39, 0.29) is 17.0 Å². The summed E-state index contributed by atoms with van der Waals surface area (Å²) in [4.78, 5) is 12.2. The molecule has 1 aliphatic rings. The van der Waals surface area contributed by atoms with E-state index in [9.17, 15) is 4.79 Å². The Morgan fingerprint density at radius 1 is 1.45 bits per heavy atom. The maximum absolute atomic E-state index is 12.2. The van der Waals surface area contributed by atoms with Crippen LogP contribution in [0.1, 0.15) is 59.4 Å². The minimum Gasteiger partial charge on any atom is -0.379 e. The molecular formula is C15H24BrN3O. The zero-order chi connectivity index (χ0) is 14.9. The largest absolute Gasteiger partial charge is 0.379 e. The molecule has 5 heteroatoms. The van der Waals surface area contributed by atoms with Crippen molar-refractivity contribution in [2.75, 3.05) is 5.32 Å². The maximum atomic E-state index is 12.2. The molecule has 1 aromatic rings. The van der Waals surface area contributed by atoms with E-state index in [0.29, 0.717) is 10.5 Å². The number of rotatable bonds is 3. The molecule has 1 heterocycles. The van der Waals surface area contributed by atoms with Crippen molar-refractivity contribution >= 4 is 21.6 Å².